The molecule has 0 aliphatic rings. The van der Waals surface area contributed by atoms with E-state index in [9.17, 15) is 14.7 Å². The molecule has 1 aromatic carbocycles. The highest BCUT2D eigenvalue weighted by molar-refractivity contribution is 5.77. The van der Waals surface area contributed by atoms with Gasteiger partial charge in [0.25, 0.3) is 0 Å². The Bertz CT molecular complexity index is 545. The molecular formula is C18H27NO4. The third-order valence-corrected chi connectivity index (χ3v) is 3.76. The summed E-state index contributed by atoms with van der Waals surface area (Å²) < 4.78 is 5.18. The molecule has 0 aliphatic carbocycles. The number of carbonyl (C=O) groups is 2. The molecule has 1 amide bonds. The lowest BCUT2D eigenvalue weighted by Crippen LogP contribution is -2.45. The Hall–Kier alpha value is -2.04. The van der Waals surface area contributed by atoms with Gasteiger partial charge >= 0.3 is 12.1 Å². The quantitative estimate of drug-likeness (QED) is 0.840. The number of aliphatic carboxylic acids is 1. The van der Waals surface area contributed by atoms with Gasteiger partial charge in [0.2, 0.25) is 0 Å². The van der Waals surface area contributed by atoms with Gasteiger partial charge in [-0.15, -0.1) is 0 Å². The normalized spacial score (nSPS) is 14.0. The van der Waals surface area contributed by atoms with Crippen molar-refractivity contribution in [1.82, 2.24) is 5.32 Å². The molecular weight excluding hydrogens is 294 g/mol. The summed E-state index contributed by atoms with van der Waals surface area (Å²) >= 11 is 0. The number of rotatable bonds is 6. The van der Waals surface area contributed by atoms with Crippen LogP contribution in [0.1, 0.15) is 45.2 Å². The van der Waals surface area contributed by atoms with Crippen molar-refractivity contribution in [3.63, 3.8) is 0 Å². The molecule has 1 unspecified atom stereocenters. The van der Waals surface area contributed by atoms with Crippen molar-refractivity contribution < 1.29 is 19.4 Å². The summed E-state index contributed by atoms with van der Waals surface area (Å²) in [5.41, 5.74) is 0.398. The zero-order chi connectivity index (χ0) is 17.7. The van der Waals surface area contributed by atoms with Crippen molar-refractivity contribution in [1.29, 1.82) is 0 Å². The summed E-state index contributed by atoms with van der Waals surface area (Å²) in [7, 11) is 0. The molecule has 2 N–H and O–H groups in total. The van der Waals surface area contributed by atoms with Crippen LogP contribution in [0, 0.1) is 12.3 Å². The summed E-state index contributed by atoms with van der Waals surface area (Å²) in [6.45, 7) is 9.13. The summed E-state index contributed by atoms with van der Waals surface area (Å²) in [6, 6.07) is 7.77. The fraction of sp³-hybridized carbons (Fsp3) is 0.556. The van der Waals surface area contributed by atoms with Crippen LogP contribution < -0.4 is 5.32 Å². The van der Waals surface area contributed by atoms with Crippen molar-refractivity contribution in [3.8, 4) is 0 Å². The van der Waals surface area contributed by atoms with E-state index < -0.39 is 23.1 Å². The highest BCUT2D eigenvalue weighted by atomic mass is 16.6. The minimum Gasteiger partial charge on any atom is -0.481 e. The van der Waals surface area contributed by atoms with Crippen molar-refractivity contribution in [3.05, 3.63) is 35.4 Å². The Balaban J connectivity index is 2.84. The molecule has 0 radical (unpaired) electrons. The Morgan fingerprint density at radius 3 is 2.17 bits per heavy atom. The van der Waals surface area contributed by atoms with E-state index in [0.29, 0.717) is 12.8 Å². The largest absolute Gasteiger partial charge is 0.481 e. The van der Waals surface area contributed by atoms with Crippen LogP contribution in [0.3, 0.4) is 0 Å². The second-order valence-electron chi connectivity index (χ2n) is 6.96. The van der Waals surface area contributed by atoms with Crippen LogP contribution in [0.2, 0.25) is 0 Å². The molecule has 0 bridgehead atoms. The van der Waals surface area contributed by atoms with Crippen LogP contribution in [-0.2, 0) is 16.0 Å². The maximum absolute atomic E-state index is 11.8. The maximum atomic E-state index is 11.8. The Morgan fingerprint density at radius 1 is 1.17 bits per heavy atom. The Morgan fingerprint density at radius 2 is 1.74 bits per heavy atom. The zero-order valence-corrected chi connectivity index (χ0v) is 14.6. The minimum absolute atomic E-state index is 0.0294. The van der Waals surface area contributed by atoms with Gasteiger partial charge in [0.05, 0.1) is 5.41 Å². The molecule has 0 heterocycles. The lowest BCUT2D eigenvalue weighted by molar-refractivity contribution is -0.148. The van der Waals surface area contributed by atoms with Crippen LogP contribution in [-0.4, -0.2) is 29.3 Å². The van der Waals surface area contributed by atoms with Gasteiger partial charge in [0.15, 0.2) is 0 Å². The molecule has 0 spiro atoms. The first-order valence-electron chi connectivity index (χ1n) is 7.84. The van der Waals surface area contributed by atoms with Crippen molar-refractivity contribution >= 4 is 12.1 Å². The first-order valence-corrected chi connectivity index (χ1v) is 7.84. The van der Waals surface area contributed by atoms with E-state index in [-0.39, 0.29) is 6.54 Å². The third kappa shape index (κ3) is 5.93. The number of alkyl carbamates (subject to hydrolysis) is 1. The van der Waals surface area contributed by atoms with E-state index in [1.807, 2.05) is 38.1 Å². The van der Waals surface area contributed by atoms with E-state index in [4.69, 9.17) is 4.74 Å². The summed E-state index contributed by atoms with van der Waals surface area (Å²) in [6.07, 6.45) is 0.168. The highest BCUT2D eigenvalue weighted by Crippen LogP contribution is 2.27. The molecule has 0 aromatic heterocycles. The molecule has 1 atom stereocenters. The SMILES string of the molecule is CCC(CNC(=O)OC(C)(C)C)(Cc1ccc(C)cc1)C(=O)O. The molecule has 5 nitrogen and oxygen atoms in total. The fourth-order valence-corrected chi connectivity index (χ4v) is 2.27. The van der Waals surface area contributed by atoms with E-state index in [2.05, 4.69) is 5.32 Å². The van der Waals surface area contributed by atoms with Gasteiger partial charge in [-0.1, -0.05) is 36.8 Å². The number of amides is 1. The average Bonchev–Trinajstić information content (AvgIpc) is 2.43. The second-order valence-corrected chi connectivity index (χ2v) is 6.96. The smallest absolute Gasteiger partial charge is 0.407 e. The fourth-order valence-electron chi connectivity index (χ4n) is 2.27. The number of carbonyl (C=O) groups excluding carboxylic acids is 1. The molecule has 0 fully saturated rings. The second kappa shape index (κ2) is 7.49. The number of aryl methyl sites for hydroxylation is 1. The number of nitrogens with one attached hydrogen (secondary N) is 1. The number of hydrogen-bond donors (Lipinski definition) is 2. The highest BCUT2D eigenvalue weighted by Gasteiger charge is 2.37. The summed E-state index contributed by atoms with van der Waals surface area (Å²) in [5.74, 6) is -0.920. The predicted molar refractivity (Wildman–Crippen MR) is 89.5 cm³/mol. The van der Waals surface area contributed by atoms with Crippen LogP contribution >= 0.6 is 0 Å². The number of carboxylic acid groups (broad SMARTS) is 1. The summed E-state index contributed by atoms with van der Waals surface area (Å²) in [5, 5.41) is 12.3. The Kier molecular flexibility index (Phi) is 6.19. The first-order chi connectivity index (χ1) is 10.6. The van der Waals surface area contributed by atoms with E-state index in [0.717, 1.165) is 11.1 Å². The molecule has 0 saturated carbocycles. The first kappa shape index (κ1) is 19.0. The molecule has 0 saturated heterocycles. The number of carboxylic acids is 1. The number of hydrogen-bond acceptors (Lipinski definition) is 3. The summed E-state index contributed by atoms with van der Waals surface area (Å²) in [4.78, 5) is 23.6. The number of benzene rings is 1. The van der Waals surface area contributed by atoms with E-state index in [1.165, 1.54) is 0 Å². The average molecular weight is 321 g/mol. The molecule has 128 valence electrons. The monoisotopic (exact) mass is 321 g/mol. The van der Waals surface area contributed by atoms with Gasteiger partial charge in [-0.2, -0.15) is 0 Å². The number of ether oxygens (including phenoxy) is 1. The zero-order valence-electron chi connectivity index (χ0n) is 14.6. The topological polar surface area (TPSA) is 75.6 Å². The van der Waals surface area contributed by atoms with Crippen molar-refractivity contribution in [2.24, 2.45) is 5.41 Å². The van der Waals surface area contributed by atoms with Gasteiger partial charge < -0.3 is 15.2 Å². The van der Waals surface area contributed by atoms with E-state index in [1.54, 1.807) is 20.8 Å². The minimum atomic E-state index is -1.05. The van der Waals surface area contributed by atoms with Crippen LogP contribution in [0.4, 0.5) is 4.79 Å². The molecule has 23 heavy (non-hydrogen) atoms. The van der Waals surface area contributed by atoms with Crippen molar-refractivity contribution in [2.45, 2.75) is 53.1 Å². The van der Waals surface area contributed by atoms with Crippen molar-refractivity contribution in [2.75, 3.05) is 6.54 Å². The molecule has 1 rings (SSSR count). The Labute approximate surface area is 138 Å². The van der Waals surface area contributed by atoms with Crippen LogP contribution in [0.25, 0.3) is 0 Å². The lowest BCUT2D eigenvalue weighted by atomic mass is 9.79. The van der Waals surface area contributed by atoms with E-state index >= 15 is 0 Å². The van der Waals surface area contributed by atoms with Crippen LogP contribution in [0.5, 0.6) is 0 Å². The molecule has 1 aromatic rings. The van der Waals surface area contributed by atoms with Crippen LogP contribution in [0.15, 0.2) is 24.3 Å². The molecule has 5 heteroatoms. The standard InChI is InChI=1S/C18H27NO4/c1-6-18(15(20)21,11-14-9-7-13(2)8-10-14)12-19-16(22)23-17(3,4)5/h7-10H,6,11-12H2,1-5H3,(H,19,22)(H,20,21). The third-order valence-electron chi connectivity index (χ3n) is 3.76. The predicted octanol–water partition coefficient (Wildman–Crippen LogP) is 3.54. The van der Waals surface area contributed by atoms with Gasteiger partial charge in [-0.3, -0.25) is 4.79 Å². The molecule has 0 aliphatic heterocycles. The van der Waals surface area contributed by atoms with Gasteiger partial charge in [-0.25, -0.2) is 4.79 Å². The maximum Gasteiger partial charge on any atom is 0.407 e. The van der Waals surface area contributed by atoms with Gasteiger partial charge in [0, 0.05) is 6.54 Å². The lowest BCUT2D eigenvalue weighted by Gasteiger charge is -2.29. The van der Waals surface area contributed by atoms with Gasteiger partial charge in [0.1, 0.15) is 5.60 Å². The van der Waals surface area contributed by atoms with Gasteiger partial charge in [-0.05, 0) is 46.1 Å².